The summed E-state index contributed by atoms with van der Waals surface area (Å²) in [6.07, 6.45) is 0. The van der Waals surface area contributed by atoms with Gasteiger partial charge in [-0.15, -0.1) is 0 Å². The predicted molar refractivity (Wildman–Crippen MR) is 102 cm³/mol. The van der Waals surface area contributed by atoms with Crippen molar-refractivity contribution in [2.75, 3.05) is 6.61 Å². The highest BCUT2D eigenvalue weighted by Crippen LogP contribution is 2.24. The van der Waals surface area contributed by atoms with Crippen LogP contribution in [0.25, 0.3) is 0 Å². The van der Waals surface area contributed by atoms with Crippen molar-refractivity contribution in [1.82, 2.24) is 5.43 Å². The number of aryl methyl sites for hydroxylation is 1. The van der Waals surface area contributed by atoms with E-state index in [1.807, 2.05) is 62.4 Å². The molecule has 0 bridgehead atoms. The lowest BCUT2D eigenvalue weighted by Gasteiger charge is -2.19. The smallest absolute Gasteiger partial charge is 0.277 e. The van der Waals surface area contributed by atoms with Gasteiger partial charge >= 0.3 is 0 Å². The fourth-order valence-electron chi connectivity index (χ4n) is 2.24. The summed E-state index contributed by atoms with van der Waals surface area (Å²) in [6, 6.07) is 15.8. The summed E-state index contributed by atoms with van der Waals surface area (Å²) in [5.41, 5.74) is 6.76. The Kier molecular flexibility index (Phi) is 5.97. The van der Waals surface area contributed by atoms with Gasteiger partial charge in [-0.1, -0.05) is 62.7 Å². The Hall–Kier alpha value is -2.62. The number of carbonyl (C=O) groups is 1. The minimum atomic E-state index is -0.286. The second-order valence-corrected chi connectivity index (χ2v) is 7.16. The molecule has 0 unspecified atom stereocenters. The number of hydrogen-bond donors (Lipinski definition) is 1. The highest BCUT2D eigenvalue weighted by Gasteiger charge is 2.13. The van der Waals surface area contributed by atoms with E-state index in [2.05, 4.69) is 31.3 Å². The van der Waals surface area contributed by atoms with E-state index in [0.29, 0.717) is 5.75 Å². The van der Waals surface area contributed by atoms with Crippen LogP contribution in [0.4, 0.5) is 0 Å². The number of hydrogen-bond acceptors (Lipinski definition) is 3. The standard InChI is InChI=1S/C21H26N2O2/c1-15-6-8-17(9-7-15)16(2)22-23-20(24)14-25-19-12-10-18(11-13-19)21(3,4)5/h6-13H,14H2,1-5H3,(H,23,24). The third-order valence-corrected chi connectivity index (χ3v) is 3.91. The van der Waals surface area contributed by atoms with E-state index in [1.165, 1.54) is 11.1 Å². The lowest BCUT2D eigenvalue weighted by molar-refractivity contribution is -0.123. The molecule has 25 heavy (non-hydrogen) atoms. The number of amides is 1. The first-order chi connectivity index (χ1) is 11.8. The molecule has 1 N–H and O–H groups in total. The van der Waals surface area contributed by atoms with Gasteiger partial charge in [0.2, 0.25) is 0 Å². The van der Waals surface area contributed by atoms with Crippen molar-refractivity contribution >= 4 is 11.6 Å². The van der Waals surface area contributed by atoms with Crippen LogP contribution in [0.15, 0.2) is 53.6 Å². The number of hydrazone groups is 1. The summed E-state index contributed by atoms with van der Waals surface area (Å²) in [4.78, 5) is 11.9. The van der Waals surface area contributed by atoms with Gasteiger partial charge in [-0.3, -0.25) is 4.79 Å². The van der Waals surface area contributed by atoms with E-state index >= 15 is 0 Å². The van der Waals surface area contributed by atoms with Crippen LogP contribution in [-0.2, 0) is 10.2 Å². The highest BCUT2D eigenvalue weighted by molar-refractivity contribution is 5.99. The lowest BCUT2D eigenvalue weighted by Crippen LogP contribution is -2.25. The number of nitrogens with zero attached hydrogens (tertiary/aromatic N) is 1. The maximum absolute atomic E-state index is 11.9. The van der Waals surface area contributed by atoms with Crippen LogP contribution < -0.4 is 10.2 Å². The second-order valence-electron chi connectivity index (χ2n) is 7.16. The molecule has 0 saturated heterocycles. The zero-order chi connectivity index (χ0) is 18.4. The van der Waals surface area contributed by atoms with Crippen LogP contribution in [-0.4, -0.2) is 18.2 Å². The zero-order valence-corrected chi connectivity index (χ0v) is 15.6. The Morgan fingerprint density at radius 2 is 1.64 bits per heavy atom. The molecule has 0 aliphatic rings. The van der Waals surface area contributed by atoms with Gasteiger partial charge in [-0.25, -0.2) is 5.43 Å². The van der Waals surface area contributed by atoms with Crippen LogP contribution in [0.5, 0.6) is 5.75 Å². The Morgan fingerprint density at radius 3 is 2.20 bits per heavy atom. The first kappa shape index (κ1) is 18.7. The topological polar surface area (TPSA) is 50.7 Å². The van der Waals surface area contributed by atoms with Crippen LogP contribution in [0.3, 0.4) is 0 Å². The van der Waals surface area contributed by atoms with Crippen LogP contribution in [0, 0.1) is 6.92 Å². The van der Waals surface area contributed by atoms with Crippen molar-refractivity contribution in [2.45, 2.75) is 40.0 Å². The average Bonchev–Trinajstić information content (AvgIpc) is 2.58. The molecule has 2 aromatic carbocycles. The average molecular weight is 338 g/mol. The van der Waals surface area contributed by atoms with E-state index in [-0.39, 0.29) is 17.9 Å². The van der Waals surface area contributed by atoms with Gasteiger partial charge in [0.1, 0.15) is 5.75 Å². The number of carbonyl (C=O) groups excluding carboxylic acids is 1. The van der Waals surface area contributed by atoms with E-state index in [0.717, 1.165) is 11.3 Å². The SMILES string of the molecule is CC(=NNC(=O)COc1ccc(C(C)(C)C)cc1)c1ccc(C)cc1. The number of rotatable bonds is 5. The van der Waals surface area contributed by atoms with Crippen molar-refractivity contribution in [3.63, 3.8) is 0 Å². The maximum Gasteiger partial charge on any atom is 0.277 e. The zero-order valence-electron chi connectivity index (χ0n) is 15.6. The van der Waals surface area contributed by atoms with Gasteiger partial charge in [0.25, 0.3) is 5.91 Å². The third-order valence-electron chi connectivity index (χ3n) is 3.91. The molecule has 1 amide bonds. The molecule has 4 nitrogen and oxygen atoms in total. The predicted octanol–water partition coefficient (Wildman–Crippen LogP) is 4.21. The summed E-state index contributed by atoms with van der Waals surface area (Å²) in [5, 5.41) is 4.12. The Balaban J connectivity index is 1.86. The van der Waals surface area contributed by atoms with E-state index in [1.54, 1.807) is 0 Å². The fourth-order valence-corrected chi connectivity index (χ4v) is 2.24. The Morgan fingerprint density at radius 1 is 1.04 bits per heavy atom. The lowest BCUT2D eigenvalue weighted by atomic mass is 9.87. The van der Waals surface area contributed by atoms with E-state index in [4.69, 9.17) is 4.74 Å². The molecular weight excluding hydrogens is 312 g/mol. The summed E-state index contributed by atoms with van der Waals surface area (Å²) in [6.45, 7) is 10.3. The molecule has 0 aromatic heterocycles. The molecular formula is C21H26N2O2. The van der Waals surface area contributed by atoms with Gasteiger partial charge in [0.15, 0.2) is 6.61 Å². The number of ether oxygens (including phenoxy) is 1. The molecule has 0 saturated carbocycles. The monoisotopic (exact) mass is 338 g/mol. The summed E-state index contributed by atoms with van der Waals surface area (Å²) >= 11 is 0. The maximum atomic E-state index is 11.9. The molecule has 4 heteroatoms. The summed E-state index contributed by atoms with van der Waals surface area (Å²) in [5.74, 6) is 0.383. The first-order valence-electron chi connectivity index (χ1n) is 8.39. The van der Waals surface area contributed by atoms with Gasteiger partial charge in [-0.2, -0.15) is 5.10 Å². The van der Waals surface area contributed by atoms with Crippen molar-refractivity contribution in [2.24, 2.45) is 5.10 Å². The summed E-state index contributed by atoms with van der Waals surface area (Å²) in [7, 11) is 0. The Bertz CT molecular complexity index is 739. The molecule has 0 aliphatic carbocycles. The van der Waals surface area contributed by atoms with Gasteiger partial charge in [-0.05, 0) is 42.5 Å². The Labute approximate surface area is 149 Å². The van der Waals surface area contributed by atoms with Crippen molar-refractivity contribution in [3.8, 4) is 5.75 Å². The molecule has 0 fully saturated rings. The van der Waals surface area contributed by atoms with Gasteiger partial charge < -0.3 is 4.74 Å². The largest absolute Gasteiger partial charge is 0.484 e. The normalized spacial score (nSPS) is 12.0. The van der Waals surface area contributed by atoms with Crippen LogP contribution in [0.1, 0.15) is 44.4 Å². The molecule has 0 radical (unpaired) electrons. The number of nitrogens with one attached hydrogen (secondary N) is 1. The van der Waals surface area contributed by atoms with Crippen LogP contribution >= 0.6 is 0 Å². The molecule has 0 aliphatic heterocycles. The molecule has 0 atom stereocenters. The molecule has 2 rings (SSSR count). The molecule has 2 aromatic rings. The molecule has 0 heterocycles. The van der Waals surface area contributed by atoms with Crippen LogP contribution in [0.2, 0.25) is 0 Å². The second kappa shape index (κ2) is 7.97. The highest BCUT2D eigenvalue weighted by atomic mass is 16.5. The fraction of sp³-hybridized carbons (Fsp3) is 0.333. The van der Waals surface area contributed by atoms with Crippen molar-refractivity contribution in [3.05, 3.63) is 65.2 Å². The third kappa shape index (κ3) is 5.75. The van der Waals surface area contributed by atoms with Gasteiger partial charge in [0.05, 0.1) is 5.71 Å². The van der Waals surface area contributed by atoms with E-state index in [9.17, 15) is 4.79 Å². The first-order valence-corrected chi connectivity index (χ1v) is 8.39. The molecule has 0 spiro atoms. The van der Waals surface area contributed by atoms with Gasteiger partial charge in [0, 0.05) is 0 Å². The van der Waals surface area contributed by atoms with Crippen molar-refractivity contribution < 1.29 is 9.53 Å². The summed E-state index contributed by atoms with van der Waals surface area (Å²) < 4.78 is 5.51. The number of benzene rings is 2. The van der Waals surface area contributed by atoms with Crippen molar-refractivity contribution in [1.29, 1.82) is 0 Å². The molecule has 132 valence electrons. The quantitative estimate of drug-likeness (QED) is 0.656. The van der Waals surface area contributed by atoms with E-state index < -0.39 is 0 Å². The minimum absolute atomic E-state index is 0.0699. The minimum Gasteiger partial charge on any atom is -0.484 e.